The molecule has 0 unspecified atom stereocenters. The molecule has 0 aromatic carbocycles. The van der Waals surface area contributed by atoms with Gasteiger partial charge in [0.05, 0.1) is 6.54 Å². The molecule has 1 rings (SSSR count). The van der Waals surface area contributed by atoms with Crippen molar-refractivity contribution in [2.24, 2.45) is 5.92 Å². The molecule has 0 aromatic rings. The van der Waals surface area contributed by atoms with Crippen LogP contribution < -0.4 is 16.0 Å². The number of amides is 3. The Kier molecular flexibility index (Phi) is 6.80. The first-order chi connectivity index (χ1) is 8.97. The van der Waals surface area contributed by atoms with E-state index in [2.05, 4.69) is 16.0 Å². The minimum Gasteiger partial charge on any atom is -0.336 e. The van der Waals surface area contributed by atoms with Crippen molar-refractivity contribution < 1.29 is 9.59 Å². The van der Waals surface area contributed by atoms with Crippen LogP contribution in [0.4, 0.5) is 4.79 Å². The van der Waals surface area contributed by atoms with E-state index in [-0.39, 0.29) is 18.5 Å². The minimum atomic E-state index is -0.421. The maximum absolute atomic E-state index is 11.7. The normalized spacial score (nSPS) is 16.7. The molecule has 6 heteroatoms. The summed E-state index contributed by atoms with van der Waals surface area (Å²) < 4.78 is 0. The van der Waals surface area contributed by atoms with Gasteiger partial charge in [-0.15, -0.1) is 0 Å². The van der Waals surface area contributed by atoms with Gasteiger partial charge in [-0.3, -0.25) is 15.0 Å². The molecule has 1 aliphatic rings. The number of nitrogens with one attached hydrogen (secondary N) is 3. The Morgan fingerprint density at radius 1 is 1.32 bits per heavy atom. The van der Waals surface area contributed by atoms with Crippen LogP contribution in [0.3, 0.4) is 0 Å². The molecule has 1 heterocycles. The predicted molar refractivity (Wildman–Crippen MR) is 74.9 cm³/mol. The van der Waals surface area contributed by atoms with E-state index in [4.69, 9.17) is 0 Å². The maximum atomic E-state index is 11.7. The van der Waals surface area contributed by atoms with Crippen molar-refractivity contribution in [3.8, 4) is 0 Å². The average Bonchev–Trinajstić information content (AvgIpc) is 2.28. The lowest BCUT2D eigenvalue weighted by molar-refractivity contribution is -0.121. The molecule has 0 saturated carbocycles. The number of likely N-dealkylation sites (N-methyl/N-ethyl adjacent to an activating group) is 1. The van der Waals surface area contributed by atoms with E-state index in [9.17, 15) is 9.59 Å². The second-order valence-electron chi connectivity index (χ2n) is 5.57. The molecule has 0 aliphatic carbocycles. The molecule has 1 aliphatic heterocycles. The Bertz CT molecular complexity index is 301. The summed E-state index contributed by atoms with van der Waals surface area (Å²) in [6.45, 7) is 6.99. The summed E-state index contributed by atoms with van der Waals surface area (Å²) in [5.41, 5.74) is 0. The van der Waals surface area contributed by atoms with Gasteiger partial charge in [-0.2, -0.15) is 0 Å². The molecule has 0 spiro atoms. The Hall–Kier alpha value is -1.14. The van der Waals surface area contributed by atoms with Crippen molar-refractivity contribution in [3.05, 3.63) is 0 Å². The van der Waals surface area contributed by atoms with Crippen LogP contribution in [0.1, 0.15) is 26.7 Å². The molecule has 0 bridgehead atoms. The van der Waals surface area contributed by atoms with Gasteiger partial charge < -0.3 is 10.6 Å². The fourth-order valence-corrected chi connectivity index (χ4v) is 2.28. The first-order valence-corrected chi connectivity index (χ1v) is 6.97. The fourth-order valence-electron chi connectivity index (χ4n) is 2.28. The Morgan fingerprint density at radius 3 is 2.53 bits per heavy atom. The number of hydrogen-bond acceptors (Lipinski definition) is 4. The van der Waals surface area contributed by atoms with Crippen molar-refractivity contribution in [1.29, 1.82) is 0 Å². The highest BCUT2D eigenvalue weighted by Gasteiger charge is 2.17. The maximum Gasteiger partial charge on any atom is 0.321 e. The fraction of sp³-hybridized carbons (Fsp3) is 0.846. The van der Waals surface area contributed by atoms with Gasteiger partial charge in [0.15, 0.2) is 0 Å². The zero-order valence-electron chi connectivity index (χ0n) is 12.2. The van der Waals surface area contributed by atoms with E-state index in [1.165, 1.54) is 0 Å². The zero-order chi connectivity index (χ0) is 14.3. The third-order valence-electron chi connectivity index (χ3n) is 3.11. The Labute approximate surface area is 115 Å². The highest BCUT2D eigenvalue weighted by molar-refractivity contribution is 5.95. The van der Waals surface area contributed by atoms with Crippen molar-refractivity contribution >= 4 is 11.9 Å². The number of rotatable bonds is 5. The molecule has 0 radical (unpaired) electrons. The van der Waals surface area contributed by atoms with Gasteiger partial charge in [0.1, 0.15) is 0 Å². The standard InChI is InChI=1S/C13H26N4O2/c1-10(2)15-13(19)16-12(18)9-17(3)8-11-4-6-14-7-5-11/h10-11,14H,4-9H2,1-3H3,(H2,15,16,18,19). The average molecular weight is 270 g/mol. The van der Waals surface area contributed by atoms with Crippen LogP contribution in [0, 0.1) is 5.92 Å². The number of urea groups is 1. The number of hydrogen-bond donors (Lipinski definition) is 3. The first-order valence-electron chi connectivity index (χ1n) is 6.97. The van der Waals surface area contributed by atoms with Crippen molar-refractivity contribution in [2.45, 2.75) is 32.7 Å². The Balaban J connectivity index is 2.21. The quantitative estimate of drug-likeness (QED) is 0.665. The van der Waals surface area contributed by atoms with Gasteiger partial charge in [-0.25, -0.2) is 4.79 Å². The van der Waals surface area contributed by atoms with Crippen LogP contribution in [0.25, 0.3) is 0 Å². The lowest BCUT2D eigenvalue weighted by Gasteiger charge is -2.27. The SMILES string of the molecule is CC(C)NC(=O)NC(=O)CN(C)CC1CCNCC1. The number of imide groups is 1. The molecule has 1 saturated heterocycles. The third kappa shape index (κ3) is 7.12. The lowest BCUT2D eigenvalue weighted by atomic mass is 9.98. The summed E-state index contributed by atoms with van der Waals surface area (Å²) in [7, 11) is 1.92. The van der Waals surface area contributed by atoms with Gasteiger partial charge in [-0.05, 0) is 52.7 Å². The molecule has 3 amide bonds. The van der Waals surface area contributed by atoms with Gasteiger partial charge in [0.25, 0.3) is 0 Å². The van der Waals surface area contributed by atoms with Crippen LogP contribution in [0.15, 0.2) is 0 Å². The molecule has 0 atom stereocenters. The molecule has 0 aromatic heterocycles. The summed E-state index contributed by atoms with van der Waals surface area (Å²) >= 11 is 0. The van der Waals surface area contributed by atoms with Crippen molar-refractivity contribution in [2.75, 3.05) is 33.2 Å². The smallest absolute Gasteiger partial charge is 0.321 e. The largest absolute Gasteiger partial charge is 0.336 e. The van der Waals surface area contributed by atoms with Gasteiger partial charge in [0.2, 0.25) is 5.91 Å². The van der Waals surface area contributed by atoms with Crippen molar-refractivity contribution in [3.63, 3.8) is 0 Å². The number of carbonyl (C=O) groups excluding carboxylic acids is 2. The van der Waals surface area contributed by atoms with E-state index < -0.39 is 6.03 Å². The Morgan fingerprint density at radius 2 is 1.95 bits per heavy atom. The van der Waals surface area contributed by atoms with Crippen LogP contribution in [-0.2, 0) is 4.79 Å². The minimum absolute atomic E-state index is 0.0280. The predicted octanol–water partition coefficient (Wildman–Crippen LogP) is 0.152. The second-order valence-corrected chi connectivity index (χ2v) is 5.57. The van der Waals surface area contributed by atoms with Gasteiger partial charge in [0, 0.05) is 12.6 Å². The van der Waals surface area contributed by atoms with E-state index in [1.807, 2.05) is 25.8 Å². The molecular weight excluding hydrogens is 244 g/mol. The van der Waals surface area contributed by atoms with Gasteiger partial charge in [-0.1, -0.05) is 0 Å². The number of nitrogens with zero attached hydrogens (tertiary/aromatic N) is 1. The van der Waals surface area contributed by atoms with Crippen LogP contribution >= 0.6 is 0 Å². The summed E-state index contributed by atoms with van der Waals surface area (Å²) in [6.07, 6.45) is 2.31. The van der Waals surface area contributed by atoms with E-state index >= 15 is 0 Å². The van der Waals surface area contributed by atoms with Crippen molar-refractivity contribution in [1.82, 2.24) is 20.9 Å². The first kappa shape index (κ1) is 15.9. The molecule has 19 heavy (non-hydrogen) atoms. The summed E-state index contributed by atoms with van der Waals surface area (Å²) in [6, 6.07) is -0.393. The topological polar surface area (TPSA) is 73.5 Å². The summed E-state index contributed by atoms with van der Waals surface area (Å²) in [4.78, 5) is 25.0. The highest BCUT2D eigenvalue weighted by Crippen LogP contribution is 2.12. The molecule has 1 fully saturated rings. The zero-order valence-corrected chi connectivity index (χ0v) is 12.2. The molecular formula is C13H26N4O2. The van der Waals surface area contributed by atoms with E-state index in [0.717, 1.165) is 32.5 Å². The van der Waals surface area contributed by atoms with Gasteiger partial charge >= 0.3 is 6.03 Å². The molecule has 3 N–H and O–H groups in total. The monoisotopic (exact) mass is 270 g/mol. The van der Waals surface area contributed by atoms with Crippen LogP contribution in [0.5, 0.6) is 0 Å². The second kappa shape index (κ2) is 8.12. The summed E-state index contributed by atoms with van der Waals surface area (Å²) in [5, 5.41) is 8.29. The van der Waals surface area contributed by atoms with E-state index in [1.54, 1.807) is 0 Å². The number of piperidine rings is 1. The number of carbonyl (C=O) groups is 2. The van der Waals surface area contributed by atoms with E-state index in [0.29, 0.717) is 5.92 Å². The van der Waals surface area contributed by atoms with Crippen LogP contribution in [0.2, 0.25) is 0 Å². The lowest BCUT2D eigenvalue weighted by Crippen LogP contribution is -2.46. The molecule has 110 valence electrons. The van der Waals surface area contributed by atoms with Crippen LogP contribution in [-0.4, -0.2) is 56.1 Å². The third-order valence-corrected chi connectivity index (χ3v) is 3.11. The molecule has 6 nitrogen and oxygen atoms in total. The summed E-state index contributed by atoms with van der Waals surface area (Å²) in [5.74, 6) is 0.387. The highest BCUT2D eigenvalue weighted by atomic mass is 16.2.